The first-order valence-electron chi connectivity index (χ1n) is 4.92. The van der Waals surface area contributed by atoms with Crippen molar-refractivity contribution in [2.75, 3.05) is 0 Å². The predicted octanol–water partition coefficient (Wildman–Crippen LogP) is 1.35. The molecule has 2 aliphatic carbocycles. The number of rotatable bonds is 2. The first-order valence-corrected chi connectivity index (χ1v) is 4.92. The maximum absolute atomic E-state index is 11.2. The molecular weight excluding hydrogens is 184 g/mol. The SMILES string of the molecule is CC1C2(C(=O)O)CCC1(C(=O)O)CC2. The molecule has 14 heavy (non-hydrogen) atoms. The zero-order valence-corrected chi connectivity index (χ0v) is 8.12. The second kappa shape index (κ2) is 2.49. The molecule has 0 heterocycles. The smallest absolute Gasteiger partial charge is 0.309 e. The van der Waals surface area contributed by atoms with Crippen LogP contribution in [0.3, 0.4) is 0 Å². The lowest BCUT2D eigenvalue weighted by Gasteiger charge is -2.25. The highest BCUT2D eigenvalue weighted by atomic mass is 16.4. The number of carbonyl (C=O) groups is 2. The van der Waals surface area contributed by atoms with Crippen LogP contribution >= 0.6 is 0 Å². The molecule has 0 aromatic carbocycles. The van der Waals surface area contributed by atoms with Crippen molar-refractivity contribution < 1.29 is 19.8 Å². The normalized spacial score (nSPS) is 45.4. The van der Waals surface area contributed by atoms with Crippen LogP contribution in [-0.4, -0.2) is 22.2 Å². The quantitative estimate of drug-likeness (QED) is 0.702. The van der Waals surface area contributed by atoms with E-state index < -0.39 is 22.8 Å². The third-order valence-electron chi connectivity index (χ3n) is 4.54. The van der Waals surface area contributed by atoms with E-state index in [0.717, 1.165) is 0 Å². The van der Waals surface area contributed by atoms with Gasteiger partial charge in [0.25, 0.3) is 0 Å². The fourth-order valence-corrected chi connectivity index (χ4v) is 3.34. The molecule has 0 aromatic rings. The summed E-state index contributed by atoms with van der Waals surface area (Å²) in [5.74, 6) is -1.86. The Bertz CT molecular complexity index is 269. The minimum absolute atomic E-state index is 0.231. The molecule has 2 N–H and O–H groups in total. The Morgan fingerprint density at radius 1 is 1.00 bits per heavy atom. The van der Waals surface area contributed by atoms with Crippen LogP contribution in [0.25, 0.3) is 0 Å². The lowest BCUT2D eigenvalue weighted by molar-refractivity contribution is -0.152. The minimum Gasteiger partial charge on any atom is -0.481 e. The summed E-state index contributed by atoms with van der Waals surface area (Å²) in [6.45, 7) is 1.78. The summed E-state index contributed by atoms with van der Waals surface area (Å²) in [4.78, 5) is 22.3. The molecule has 2 saturated carbocycles. The average molecular weight is 198 g/mol. The van der Waals surface area contributed by atoms with Gasteiger partial charge in [-0.3, -0.25) is 9.59 Å². The highest BCUT2D eigenvalue weighted by molar-refractivity contribution is 5.83. The third kappa shape index (κ3) is 0.792. The molecule has 0 amide bonds. The molecule has 4 heteroatoms. The van der Waals surface area contributed by atoms with E-state index in [1.807, 2.05) is 0 Å². The van der Waals surface area contributed by atoms with Crippen LogP contribution in [0.5, 0.6) is 0 Å². The van der Waals surface area contributed by atoms with E-state index in [0.29, 0.717) is 25.7 Å². The van der Waals surface area contributed by atoms with Gasteiger partial charge < -0.3 is 10.2 Å². The van der Waals surface area contributed by atoms with Gasteiger partial charge in [-0.15, -0.1) is 0 Å². The van der Waals surface area contributed by atoms with Crippen LogP contribution in [0.15, 0.2) is 0 Å². The first-order chi connectivity index (χ1) is 6.46. The van der Waals surface area contributed by atoms with Crippen LogP contribution in [0.1, 0.15) is 32.6 Å². The maximum atomic E-state index is 11.2. The van der Waals surface area contributed by atoms with Gasteiger partial charge in [0.15, 0.2) is 0 Å². The molecule has 78 valence electrons. The van der Waals surface area contributed by atoms with Crippen molar-refractivity contribution in [1.29, 1.82) is 0 Å². The molecule has 0 saturated heterocycles. The second-order valence-corrected chi connectivity index (χ2v) is 4.64. The number of hydrogen-bond donors (Lipinski definition) is 2. The van der Waals surface area contributed by atoms with Crippen molar-refractivity contribution in [1.82, 2.24) is 0 Å². The summed E-state index contributed by atoms with van der Waals surface area (Å²) in [7, 11) is 0. The van der Waals surface area contributed by atoms with Crippen molar-refractivity contribution >= 4 is 11.9 Å². The Balaban J connectivity index is 2.41. The van der Waals surface area contributed by atoms with Crippen molar-refractivity contribution in [3.8, 4) is 0 Å². The summed E-state index contributed by atoms with van der Waals surface area (Å²) in [6, 6.07) is 0. The van der Waals surface area contributed by atoms with Gasteiger partial charge in [0.05, 0.1) is 10.8 Å². The van der Waals surface area contributed by atoms with Crippen LogP contribution < -0.4 is 0 Å². The molecule has 2 fully saturated rings. The Morgan fingerprint density at radius 2 is 1.29 bits per heavy atom. The van der Waals surface area contributed by atoms with E-state index in [1.165, 1.54) is 0 Å². The van der Waals surface area contributed by atoms with Gasteiger partial charge in [-0.25, -0.2) is 0 Å². The minimum atomic E-state index is -0.814. The lowest BCUT2D eigenvalue weighted by atomic mass is 9.78. The molecule has 2 bridgehead atoms. The van der Waals surface area contributed by atoms with Crippen LogP contribution in [-0.2, 0) is 9.59 Å². The van der Waals surface area contributed by atoms with E-state index in [-0.39, 0.29) is 5.92 Å². The number of carboxylic acids is 2. The molecule has 0 spiro atoms. The predicted molar refractivity (Wildman–Crippen MR) is 47.8 cm³/mol. The molecule has 4 nitrogen and oxygen atoms in total. The Kier molecular flexibility index (Phi) is 1.69. The van der Waals surface area contributed by atoms with Gasteiger partial charge in [-0.05, 0) is 31.6 Å². The molecule has 0 atom stereocenters. The van der Waals surface area contributed by atoms with E-state index >= 15 is 0 Å². The number of hydrogen-bond acceptors (Lipinski definition) is 2. The molecule has 0 radical (unpaired) electrons. The van der Waals surface area contributed by atoms with Crippen LogP contribution in [0.4, 0.5) is 0 Å². The average Bonchev–Trinajstić information content (AvgIpc) is 2.58. The van der Waals surface area contributed by atoms with E-state index in [9.17, 15) is 9.59 Å². The van der Waals surface area contributed by atoms with Gasteiger partial charge in [-0.2, -0.15) is 0 Å². The fraction of sp³-hybridized carbons (Fsp3) is 0.800. The fourth-order valence-electron chi connectivity index (χ4n) is 3.34. The summed E-state index contributed by atoms with van der Waals surface area (Å²) >= 11 is 0. The van der Waals surface area contributed by atoms with Gasteiger partial charge in [0, 0.05) is 0 Å². The van der Waals surface area contributed by atoms with E-state index in [2.05, 4.69) is 0 Å². The van der Waals surface area contributed by atoms with Gasteiger partial charge >= 0.3 is 11.9 Å². The third-order valence-corrected chi connectivity index (χ3v) is 4.54. The van der Waals surface area contributed by atoms with Crippen molar-refractivity contribution in [2.45, 2.75) is 32.6 Å². The van der Waals surface area contributed by atoms with Crippen molar-refractivity contribution in [3.63, 3.8) is 0 Å². The monoisotopic (exact) mass is 198 g/mol. The van der Waals surface area contributed by atoms with E-state index in [4.69, 9.17) is 10.2 Å². The van der Waals surface area contributed by atoms with Crippen LogP contribution in [0.2, 0.25) is 0 Å². The zero-order chi connectivity index (χ0) is 10.6. The Hall–Kier alpha value is -1.06. The number of aliphatic carboxylic acids is 2. The molecule has 2 aliphatic rings. The molecule has 2 rings (SSSR count). The Morgan fingerprint density at radius 3 is 1.43 bits per heavy atom. The Labute approximate surface area is 81.9 Å². The summed E-state index contributed by atoms with van der Waals surface area (Å²) in [5.41, 5.74) is -1.50. The largest absolute Gasteiger partial charge is 0.481 e. The molecular formula is C10H14O4. The van der Waals surface area contributed by atoms with E-state index in [1.54, 1.807) is 6.92 Å². The first kappa shape index (κ1) is 9.49. The molecule has 0 aliphatic heterocycles. The second-order valence-electron chi connectivity index (χ2n) is 4.64. The molecule has 0 aromatic heterocycles. The van der Waals surface area contributed by atoms with Gasteiger partial charge in [0.1, 0.15) is 0 Å². The van der Waals surface area contributed by atoms with Crippen LogP contribution in [0, 0.1) is 16.7 Å². The highest BCUT2D eigenvalue weighted by Crippen LogP contribution is 2.65. The van der Waals surface area contributed by atoms with Crippen molar-refractivity contribution in [2.24, 2.45) is 16.7 Å². The van der Waals surface area contributed by atoms with Gasteiger partial charge in [0.2, 0.25) is 0 Å². The summed E-state index contributed by atoms with van der Waals surface area (Å²) in [5, 5.41) is 18.3. The highest BCUT2D eigenvalue weighted by Gasteiger charge is 2.67. The maximum Gasteiger partial charge on any atom is 0.309 e. The summed E-state index contributed by atoms with van der Waals surface area (Å²) in [6.07, 6.45) is 2.09. The lowest BCUT2D eigenvalue weighted by Crippen LogP contribution is -2.34. The topological polar surface area (TPSA) is 74.6 Å². The number of fused-ring (bicyclic) bond motifs is 2. The number of carboxylic acid groups (broad SMARTS) is 2. The summed E-state index contributed by atoms with van der Waals surface area (Å²) < 4.78 is 0. The van der Waals surface area contributed by atoms with Gasteiger partial charge in [-0.1, -0.05) is 6.92 Å². The van der Waals surface area contributed by atoms with Crippen molar-refractivity contribution in [3.05, 3.63) is 0 Å². The standard InChI is InChI=1S/C10H14O4/c1-6-9(7(11)12)2-3-10(6,5-4-9)8(13)14/h6H,2-5H2,1H3,(H,11,12)(H,13,14). The molecule has 0 unspecified atom stereocenters. The zero-order valence-electron chi connectivity index (χ0n) is 8.12.